The number of halogens is 3. The van der Waals surface area contributed by atoms with Crippen LogP contribution in [0.15, 0.2) is 12.1 Å². The van der Waals surface area contributed by atoms with Gasteiger partial charge >= 0.3 is 0 Å². The number of benzene rings is 1. The summed E-state index contributed by atoms with van der Waals surface area (Å²) in [5.41, 5.74) is -1.26. The van der Waals surface area contributed by atoms with E-state index >= 15 is 0 Å². The lowest BCUT2D eigenvalue weighted by Crippen LogP contribution is -2.31. The summed E-state index contributed by atoms with van der Waals surface area (Å²) < 4.78 is 40.6. The molecule has 1 saturated carbocycles. The minimum atomic E-state index is -1.09. The molecular formula is C16H19F3O. The van der Waals surface area contributed by atoms with Gasteiger partial charge in [-0.05, 0) is 25.2 Å². The fraction of sp³-hybridized carbons (Fsp3) is 0.562. The van der Waals surface area contributed by atoms with E-state index in [0.717, 1.165) is 12.8 Å². The Morgan fingerprint density at radius 1 is 1.15 bits per heavy atom. The number of carbonyl (C=O) groups is 1. The molecule has 0 N–H and O–H groups in total. The van der Waals surface area contributed by atoms with Gasteiger partial charge in [-0.25, -0.2) is 13.2 Å². The molecule has 0 spiro atoms. The molecule has 0 saturated heterocycles. The molecule has 20 heavy (non-hydrogen) atoms. The van der Waals surface area contributed by atoms with E-state index in [1.165, 1.54) is 0 Å². The van der Waals surface area contributed by atoms with Gasteiger partial charge in [0, 0.05) is 17.5 Å². The molecule has 1 nitrogen and oxygen atoms in total. The van der Waals surface area contributed by atoms with Crippen molar-refractivity contribution in [1.29, 1.82) is 0 Å². The molecule has 1 fully saturated rings. The highest BCUT2D eigenvalue weighted by molar-refractivity contribution is 6.01. The molecule has 0 aliphatic heterocycles. The van der Waals surface area contributed by atoms with Gasteiger partial charge in [-0.15, -0.1) is 0 Å². The fourth-order valence-corrected chi connectivity index (χ4v) is 3.38. The van der Waals surface area contributed by atoms with Crippen LogP contribution in [-0.4, -0.2) is 5.78 Å². The average molecular weight is 284 g/mol. The molecule has 2 rings (SSSR count). The predicted molar refractivity (Wildman–Crippen MR) is 71.0 cm³/mol. The number of carbonyl (C=O) groups excluding carboxylic acids is 1. The molecule has 0 heterocycles. The second-order valence-electron chi connectivity index (χ2n) is 6.16. The summed E-state index contributed by atoms with van der Waals surface area (Å²) in [4.78, 5) is 12.7. The topological polar surface area (TPSA) is 17.1 Å². The summed E-state index contributed by atoms with van der Waals surface area (Å²) in [6, 6.07) is 1.16. The van der Waals surface area contributed by atoms with Crippen molar-refractivity contribution in [3.8, 4) is 0 Å². The molecule has 1 aliphatic carbocycles. The largest absolute Gasteiger partial charge is 0.293 e. The lowest BCUT2D eigenvalue weighted by atomic mass is 9.73. The summed E-state index contributed by atoms with van der Waals surface area (Å²) >= 11 is 0. The van der Waals surface area contributed by atoms with Crippen molar-refractivity contribution < 1.29 is 18.0 Å². The van der Waals surface area contributed by atoms with Gasteiger partial charge in [-0.3, -0.25) is 4.79 Å². The third-order valence-corrected chi connectivity index (χ3v) is 4.08. The first-order valence-corrected chi connectivity index (χ1v) is 7.05. The monoisotopic (exact) mass is 284 g/mol. The van der Waals surface area contributed by atoms with Crippen molar-refractivity contribution in [2.45, 2.75) is 46.0 Å². The zero-order valence-electron chi connectivity index (χ0n) is 11.8. The molecule has 0 atom stereocenters. The van der Waals surface area contributed by atoms with Crippen molar-refractivity contribution in [1.82, 2.24) is 0 Å². The highest BCUT2D eigenvalue weighted by Gasteiger charge is 2.43. The van der Waals surface area contributed by atoms with Crippen LogP contribution in [-0.2, 0) is 0 Å². The van der Waals surface area contributed by atoms with E-state index in [9.17, 15) is 18.0 Å². The normalized spacial score (nSPS) is 17.7. The summed E-state index contributed by atoms with van der Waals surface area (Å²) in [5, 5.41) is 0. The van der Waals surface area contributed by atoms with E-state index in [1.54, 1.807) is 0 Å². The highest BCUT2D eigenvalue weighted by atomic mass is 19.1. The summed E-state index contributed by atoms with van der Waals surface area (Å²) in [6.07, 6.45) is 3.70. The first-order chi connectivity index (χ1) is 9.35. The minimum Gasteiger partial charge on any atom is -0.293 e. The first kappa shape index (κ1) is 15.1. The van der Waals surface area contributed by atoms with E-state index in [4.69, 9.17) is 0 Å². The van der Waals surface area contributed by atoms with Gasteiger partial charge in [0.25, 0.3) is 0 Å². The van der Waals surface area contributed by atoms with Crippen LogP contribution in [0.3, 0.4) is 0 Å². The van der Waals surface area contributed by atoms with Gasteiger partial charge in [0.2, 0.25) is 0 Å². The summed E-state index contributed by atoms with van der Waals surface area (Å²) in [5.74, 6) is -3.42. The van der Waals surface area contributed by atoms with E-state index < -0.39 is 34.2 Å². The van der Waals surface area contributed by atoms with Crippen molar-refractivity contribution in [2.75, 3.05) is 0 Å². The van der Waals surface area contributed by atoms with Crippen LogP contribution < -0.4 is 0 Å². The van der Waals surface area contributed by atoms with E-state index in [-0.39, 0.29) is 5.92 Å². The lowest BCUT2D eigenvalue weighted by molar-refractivity contribution is 0.0750. The van der Waals surface area contributed by atoms with E-state index in [1.807, 2.05) is 13.8 Å². The van der Waals surface area contributed by atoms with Crippen LogP contribution in [0.1, 0.15) is 56.3 Å². The number of Topliss-reactive ketones (excluding diaryl/α,β-unsaturated/α-hetero) is 1. The molecule has 110 valence electrons. The maximum atomic E-state index is 13.8. The average Bonchev–Trinajstić information content (AvgIpc) is 2.76. The van der Waals surface area contributed by atoms with Crippen LogP contribution in [0.2, 0.25) is 0 Å². The second kappa shape index (κ2) is 5.58. The third-order valence-electron chi connectivity index (χ3n) is 4.08. The number of hydrogen-bond donors (Lipinski definition) is 0. The van der Waals surface area contributed by atoms with Gasteiger partial charge in [0.15, 0.2) is 5.78 Å². The lowest BCUT2D eigenvalue weighted by Gasteiger charge is -2.29. The molecule has 1 aromatic rings. The molecule has 0 radical (unpaired) electrons. The van der Waals surface area contributed by atoms with E-state index in [0.29, 0.717) is 31.4 Å². The van der Waals surface area contributed by atoms with Crippen LogP contribution in [0.25, 0.3) is 0 Å². The third kappa shape index (κ3) is 2.74. The Balaban J connectivity index is 2.43. The maximum Gasteiger partial charge on any atom is 0.174 e. The van der Waals surface area contributed by atoms with Gasteiger partial charge in [0.05, 0.1) is 5.56 Å². The SMILES string of the molecule is CC(C)CC1(C(=O)c2c(F)cc(F)cc2F)CCCC1. The van der Waals surface area contributed by atoms with Crippen LogP contribution in [0, 0.1) is 28.8 Å². The fourth-order valence-electron chi connectivity index (χ4n) is 3.38. The zero-order valence-corrected chi connectivity index (χ0v) is 11.8. The zero-order chi connectivity index (χ0) is 14.9. The molecule has 0 bridgehead atoms. The highest BCUT2D eigenvalue weighted by Crippen LogP contribution is 2.46. The maximum absolute atomic E-state index is 13.8. The quantitative estimate of drug-likeness (QED) is 0.719. The molecule has 1 aliphatic rings. The number of hydrogen-bond acceptors (Lipinski definition) is 1. The van der Waals surface area contributed by atoms with Gasteiger partial charge < -0.3 is 0 Å². The Labute approximate surface area is 117 Å². The smallest absolute Gasteiger partial charge is 0.174 e. The minimum absolute atomic E-state index is 0.267. The van der Waals surface area contributed by atoms with Crippen LogP contribution >= 0.6 is 0 Å². The molecule has 4 heteroatoms. The van der Waals surface area contributed by atoms with Crippen molar-refractivity contribution in [2.24, 2.45) is 11.3 Å². The Morgan fingerprint density at radius 3 is 2.10 bits per heavy atom. The van der Waals surface area contributed by atoms with Gasteiger partial charge in [0.1, 0.15) is 17.5 Å². The Morgan fingerprint density at radius 2 is 1.65 bits per heavy atom. The Bertz CT molecular complexity index is 493. The molecule has 1 aromatic carbocycles. The second-order valence-corrected chi connectivity index (χ2v) is 6.16. The Hall–Kier alpha value is -1.32. The number of rotatable bonds is 4. The number of ketones is 1. The van der Waals surface area contributed by atoms with Crippen molar-refractivity contribution >= 4 is 5.78 Å². The van der Waals surface area contributed by atoms with Crippen molar-refractivity contribution in [3.63, 3.8) is 0 Å². The summed E-state index contributed by atoms with van der Waals surface area (Å²) in [7, 11) is 0. The standard InChI is InChI=1S/C16H19F3O/c1-10(2)9-16(5-3-4-6-16)15(20)14-12(18)7-11(17)8-13(14)19/h7-8,10H,3-6,9H2,1-2H3. The molecule has 0 amide bonds. The van der Waals surface area contributed by atoms with Crippen LogP contribution in [0.5, 0.6) is 0 Å². The van der Waals surface area contributed by atoms with Gasteiger partial charge in [-0.1, -0.05) is 26.7 Å². The Kier molecular flexibility index (Phi) is 4.21. The molecule has 0 aromatic heterocycles. The van der Waals surface area contributed by atoms with E-state index in [2.05, 4.69) is 0 Å². The molecular weight excluding hydrogens is 265 g/mol. The van der Waals surface area contributed by atoms with Crippen LogP contribution in [0.4, 0.5) is 13.2 Å². The van der Waals surface area contributed by atoms with Gasteiger partial charge in [-0.2, -0.15) is 0 Å². The predicted octanol–water partition coefficient (Wildman–Crippen LogP) is 4.89. The molecule has 0 unspecified atom stereocenters. The van der Waals surface area contributed by atoms with Crippen molar-refractivity contribution in [3.05, 3.63) is 35.1 Å². The summed E-state index contributed by atoms with van der Waals surface area (Å²) in [6.45, 7) is 3.98. The first-order valence-electron chi connectivity index (χ1n) is 7.05.